The Morgan fingerprint density at radius 3 is 2.57 bits per heavy atom. The summed E-state index contributed by atoms with van der Waals surface area (Å²) in [5.41, 5.74) is 7.45. The van der Waals surface area contributed by atoms with Crippen LogP contribution in [0.4, 0.5) is 4.39 Å². The van der Waals surface area contributed by atoms with Crippen molar-refractivity contribution in [1.29, 1.82) is 0 Å². The average molecular weight is 289 g/mol. The Morgan fingerprint density at radius 1 is 1.14 bits per heavy atom. The number of rotatable bonds is 6. The van der Waals surface area contributed by atoms with E-state index in [1.807, 2.05) is 37.3 Å². The molecular formula is C17H20FNO2. The lowest BCUT2D eigenvalue weighted by atomic mass is 10.1. The molecule has 2 aromatic rings. The minimum atomic E-state index is -0.372. The minimum Gasteiger partial charge on any atom is -0.496 e. The summed E-state index contributed by atoms with van der Waals surface area (Å²) in [6.07, 6.45) is 0.643. The van der Waals surface area contributed by atoms with E-state index in [9.17, 15) is 4.39 Å². The molecule has 1 unspecified atom stereocenters. The van der Waals surface area contributed by atoms with E-state index in [4.69, 9.17) is 15.2 Å². The van der Waals surface area contributed by atoms with Crippen molar-refractivity contribution in [3.63, 3.8) is 0 Å². The standard InChI is InChI=1S/C17H20FNO2/c1-12(19)9-13-7-8-17(15(18)10-13)21-11-14-5-3-4-6-16(14)20-2/h3-8,10,12H,9,11,19H2,1-2H3. The molecule has 2 aromatic carbocycles. The third-order valence-corrected chi connectivity index (χ3v) is 3.13. The summed E-state index contributed by atoms with van der Waals surface area (Å²) in [5.74, 6) is 0.587. The van der Waals surface area contributed by atoms with Crippen LogP contribution in [0, 0.1) is 5.82 Å². The predicted octanol–water partition coefficient (Wildman–Crippen LogP) is 3.30. The van der Waals surface area contributed by atoms with E-state index in [1.54, 1.807) is 13.2 Å². The molecule has 0 fully saturated rings. The highest BCUT2D eigenvalue weighted by atomic mass is 19.1. The van der Waals surface area contributed by atoms with Crippen molar-refractivity contribution in [3.05, 3.63) is 59.4 Å². The maximum Gasteiger partial charge on any atom is 0.165 e. The zero-order valence-corrected chi connectivity index (χ0v) is 12.3. The van der Waals surface area contributed by atoms with Crippen molar-refractivity contribution in [1.82, 2.24) is 0 Å². The van der Waals surface area contributed by atoms with Gasteiger partial charge >= 0.3 is 0 Å². The zero-order valence-electron chi connectivity index (χ0n) is 12.3. The second-order valence-corrected chi connectivity index (χ2v) is 5.05. The molecule has 1 atom stereocenters. The summed E-state index contributed by atoms with van der Waals surface area (Å²) < 4.78 is 24.8. The fourth-order valence-electron chi connectivity index (χ4n) is 2.14. The number of hydrogen-bond donors (Lipinski definition) is 1. The summed E-state index contributed by atoms with van der Waals surface area (Å²) in [6.45, 7) is 2.15. The summed E-state index contributed by atoms with van der Waals surface area (Å²) in [4.78, 5) is 0. The number of methoxy groups -OCH3 is 1. The van der Waals surface area contributed by atoms with Gasteiger partial charge in [-0.2, -0.15) is 0 Å². The molecule has 2 rings (SSSR count). The highest BCUT2D eigenvalue weighted by molar-refractivity contribution is 5.34. The van der Waals surface area contributed by atoms with Crippen LogP contribution in [0.15, 0.2) is 42.5 Å². The van der Waals surface area contributed by atoms with E-state index in [0.717, 1.165) is 16.9 Å². The molecular weight excluding hydrogens is 269 g/mol. The molecule has 0 aliphatic rings. The van der Waals surface area contributed by atoms with Gasteiger partial charge in [-0.25, -0.2) is 4.39 Å². The minimum absolute atomic E-state index is 0.00440. The van der Waals surface area contributed by atoms with Gasteiger partial charge in [-0.1, -0.05) is 24.3 Å². The first-order valence-electron chi connectivity index (χ1n) is 6.89. The van der Waals surface area contributed by atoms with Gasteiger partial charge in [0.2, 0.25) is 0 Å². The van der Waals surface area contributed by atoms with Gasteiger partial charge in [0.25, 0.3) is 0 Å². The monoisotopic (exact) mass is 289 g/mol. The summed E-state index contributed by atoms with van der Waals surface area (Å²) >= 11 is 0. The molecule has 2 N–H and O–H groups in total. The van der Waals surface area contributed by atoms with E-state index >= 15 is 0 Å². The molecule has 0 aliphatic heterocycles. The Kier molecular flexibility index (Phi) is 5.17. The molecule has 0 amide bonds. The second kappa shape index (κ2) is 7.09. The van der Waals surface area contributed by atoms with Gasteiger partial charge in [-0.3, -0.25) is 0 Å². The molecule has 0 aliphatic carbocycles. The van der Waals surface area contributed by atoms with E-state index in [1.165, 1.54) is 6.07 Å². The van der Waals surface area contributed by atoms with Gasteiger partial charge in [0.15, 0.2) is 11.6 Å². The Balaban J connectivity index is 2.06. The maximum absolute atomic E-state index is 14.0. The van der Waals surface area contributed by atoms with E-state index in [2.05, 4.69) is 0 Å². The smallest absolute Gasteiger partial charge is 0.165 e. The van der Waals surface area contributed by atoms with Crippen LogP contribution < -0.4 is 15.2 Å². The van der Waals surface area contributed by atoms with Gasteiger partial charge < -0.3 is 15.2 Å². The topological polar surface area (TPSA) is 44.5 Å². The molecule has 0 saturated carbocycles. The Hall–Kier alpha value is -2.07. The van der Waals surface area contributed by atoms with Crippen LogP contribution >= 0.6 is 0 Å². The van der Waals surface area contributed by atoms with Crippen molar-refractivity contribution in [2.24, 2.45) is 5.73 Å². The summed E-state index contributed by atoms with van der Waals surface area (Å²) in [6, 6.07) is 12.5. The zero-order chi connectivity index (χ0) is 15.2. The predicted molar refractivity (Wildman–Crippen MR) is 81.1 cm³/mol. The van der Waals surface area contributed by atoms with Crippen LogP contribution in [0.5, 0.6) is 11.5 Å². The van der Waals surface area contributed by atoms with E-state index < -0.39 is 0 Å². The van der Waals surface area contributed by atoms with Gasteiger partial charge in [0, 0.05) is 11.6 Å². The van der Waals surface area contributed by atoms with Crippen molar-refractivity contribution in [2.45, 2.75) is 26.0 Å². The third-order valence-electron chi connectivity index (χ3n) is 3.13. The molecule has 21 heavy (non-hydrogen) atoms. The Morgan fingerprint density at radius 2 is 1.90 bits per heavy atom. The molecule has 0 radical (unpaired) electrons. The quantitative estimate of drug-likeness (QED) is 0.887. The van der Waals surface area contributed by atoms with Crippen LogP contribution in [-0.2, 0) is 13.0 Å². The van der Waals surface area contributed by atoms with Gasteiger partial charge in [-0.15, -0.1) is 0 Å². The maximum atomic E-state index is 14.0. The summed E-state index contributed by atoms with van der Waals surface area (Å²) in [5, 5.41) is 0. The first-order chi connectivity index (χ1) is 10.1. The number of benzene rings is 2. The van der Waals surface area contributed by atoms with Crippen molar-refractivity contribution in [3.8, 4) is 11.5 Å². The fraction of sp³-hybridized carbons (Fsp3) is 0.294. The average Bonchev–Trinajstić information content (AvgIpc) is 2.46. The van der Waals surface area contributed by atoms with Crippen LogP contribution in [-0.4, -0.2) is 13.2 Å². The van der Waals surface area contributed by atoms with Crippen LogP contribution in [0.25, 0.3) is 0 Å². The molecule has 4 heteroatoms. The lowest BCUT2D eigenvalue weighted by molar-refractivity contribution is 0.282. The highest BCUT2D eigenvalue weighted by Gasteiger charge is 2.08. The van der Waals surface area contributed by atoms with E-state index in [-0.39, 0.29) is 24.2 Å². The van der Waals surface area contributed by atoms with Crippen molar-refractivity contribution >= 4 is 0 Å². The van der Waals surface area contributed by atoms with Crippen LogP contribution in [0.1, 0.15) is 18.1 Å². The Labute approximate surface area is 124 Å². The van der Waals surface area contributed by atoms with Crippen LogP contribution in [0.2, 0.25) is 0 Å². The first-order valence-corrected chi connectivity index (χ1v) is 6.89. The van der Waals surface area contributed by atoms with E-state index in [0.29, 0.717) is 6.42 Å². The first kappa shape index (κ1) is 15.3. The SMILES string of the molecule is COc1ccccc1COc1ccc(CC(C)N)cc1F. The van der Waals surface area contributed by atoms with Gasteiger partial charge in [-0.05, 0) is 37.1 Å². The van der Waals surface area contributed by atoms with Crippen molar-refractivity contribution < 1.29 is 13.9 Å². The van der Waals surface area contributed by atoms with Gasteiger partial charge in [0.1, 0.15) is 12.4 Å². The van der Waals surface area contributed by atoms with Gasteiger partial charge in [0.05, 0.1) is 7.11 Å². The molecule has 3 nitrogen and oxygen atoms in total. The molecule has 0 aromatic heterocycles. The summed E-state index contributed by atoms with van der Waals surface area (Å²) in [7, 11) is 1.60. The number of nitrogens with two attached hydrogens (primary N) is 1. The second-order valence-electron chi connectivity index (χ2n) is 5.05. The molecule has 112 valence electrons. The Bertz CT molecular complexity index is 599. The third kappa shape index (κ3) is 4.20. The number of ether oxygens (including phenoxy) is 2. The number of halogens is 1. The van der Waals surface area contributed by atoms with Crippen LogP contribution in [0.3, 0.4) is 0 Å². The molecule has 0 heterocycles. The normalized spacial score (nSPS) is 12.0. The number of para-hydroxylation sites is 1. The lowest BCUT2D eigenvalue weighted by Gasteiger charge is -2.12. The highest BCUT2D eigenvalue weighted by Crippen LogP contribution is 2.23. The lowest BCUT2D eigenvalue weighted by Crippen LogP contribution is -2.17. The largest absolute Gasteiger partial charge is 0.496 e. The van der Waals surface area contributed by atoms with Crippen molar-refractivity contribution in [2.75, 3.05) is 7.11 Å². The molecule has 0 saturated heterocycles. The molecule has 0 spiro atoms. The molecule has 0 bridgehead atoms. The number of hydrogen-bond acceptors (Lipinski definition) is 3. The fourth-order valence-corrected chi connectivity index (χ4v) is 2.14.